The van der Waals surface area contributed by atoms with Crippen molar-refractivity contribution in [3.8, 4) is 0 Å². The van der Waals surface area contributed by atoms with E-state index in [9.17, 15) is 14.7 Å². The number of carbonyl (C=O) groups excluding carboxylic acids is 2. The fourth-order valence-electron chi connectivity index (χ4n) is 2.93. The molecule has 0 bridgehead atoms. The number of aliphatic hydroxyl groups excluding tert-OH is 1. The number of aliphatic hydroxyl groups is 1. The van der Waals surface area contributed by atoms with Crippen LogP contribution in [0.25, 0.3) is 0 Å². The monoisotopic (exact) mass is 432 g/mol. The molecule has 0 saturated carbocycles. The van der Waals surface area contributed by atoms with Gasteiger partial charge >= 0.3 is 12.3 Å². The van der Waals surface area contributed by atoms with Crippen molar-refractivity contribution in [3.63, 3.8) is 0 Å². The summed E-state index contributed by atoms with van der Waals surface area (Å²) in [5, 5.41) is 10.4. The lowest BCUT2D eigenvalue weighted by Gasteiger charge is -2.19. The molecule has 1 fully saturated rings. The molecule has 4 atom stereocenters. The summed E-state index contributed by atoms with van der Waals surface area (Å²) < 4.78 is 30.8. The Labute approximate surface area is 179 Å². The largest absolute Gasteiger partial charge is 0.509 e. The Morgan fingerprint density at radius 2 is 1.42 bits per heavy atom. The van der Waals surface area contributed by atoms with Crippen molar-refractivity contribution < 1.29 is 43.1 Å². The summed E-state index contributed by atoms with van der Waals surface area (Å²) in [5.41, 5.74) is 1.59. The van der Waals surface area contributed by atoms with Gasteiger partial charge in [-0.3, -0.25) is 0 Å². The first-order valence-electron chi connectivity index (χ1n) is 9.64. The highest BCUT2D eigenvalue weighted by atomic mass is 16.8. The summed E-state index contributed by atoms with van der Waals surface area (Å²) in [5.74, 6) is 0. The molecule has 31 heavy (non-hydrogen) atoms. The van der Waals surface area contributed by atoms with Gasteiger partial charge in [-0.25, -0.2) is 9.59 Å². The van der Waals surface area contributed by atoms with Gasteiger partial charge < -0.3 is 33.5 Å². The molecule has 1 saturated heterocycles. The Kier molecular flexibility index (Phi) is 8.22. The maximum atomic E-state index is 12.0. The average molecular weight is 432 g/mol. The van der Waals surface area contributed by atoms with Gasteiger partial charge in [0.2, 0.25) is 0 Å². The molecular formula is C22H24O9. The molecule has 0 amide bonds. The summed E-state index contributed by atoms with van der Waals surface area (Å²) in [7, 11) is 1.33. The van der Waals surface area contributed by atoms with E-state index in [1.165, 1.54) is 7.11 Å². The van der Waals surface area contributed by atoms with Crippen LogP contribution in [-0.2, 0) is 41.6 Å². The van der Waals surface area contributed by atoms with Crippen LogP contribution in [0.5, 0.6) is 0 Å². The molecule has 1 aliphatic heterocycles. The maximum absolute atomic E-state index is 12.0. The number of methoxy groups -OCH3 is 1. The number of hydrogen-bond acceptors (Lipinski definition) is 9. The second-order valence-electron chi connectivity index (χ2n) is 6.71. The highest BCUT2D eigenvalue weighted by Gasteiger charge is 2.47. The van der Waals surface area contributed by atoms with E-state index in [0.29, 0.717) is 0 Å². The van der Waals surface area contributed by atoms with Crippen LogP contribution in [0, 0.1) is 0 Å². The molecule has 166 valence electrons. The quantitative estimate of drug-likeness (QED) is 0.630. The minimum atomic E-state index is -1.30. The Morgan fingerprint density at radius 1 is 0.871 bits per heavy atom. The smallest absolute Gasteiger partial charge is 0.431 e. The highest BCUT2D eigenvalue weighted by molar-refractivity contribution is 5.60. The van der Waals surface area contributed by atoms with Crippen LogP contribution in [0.15, 0.2) is 60.7 Å². The van der Waals surface area contributed by atoms with E-state index < -0.39 is 36.9 Å². The van der Waals surface area contributed by atoms with Gasteiger partial charge in [0.25, 0.3) is 0 Å². The number of carbonyl (C=O) groups is 2. The Morgan fingerprint density at radius 3 is 1.97 bits per heavy atom. The van der Waals surface area contributed by atoms with Gasteiger partial charge in [0.15, 0.2) is 12.4 Å². The van der Waals surface area contributed by atoms with E-state index in [0.717, 1.165) is 11.1 Å². The number of ether oxygens (including phenoxy) is 6. The van der Waals surface area contributed by atoms with E-state index in [1.807, 2.05) is 36.4 Å². The van der Waals surface area contributed by atoms with Gasteiger partial charge in [0.1, 0.15) is 32.0 Å². The van der Waals surface area contributed by atoms with Gasteiger partial charge in [-0.05, 0) is 11.1 Å². The van der Waals surface area contributed by atoms with Crippen molar-refractivity contribution in [2.24, 2.45) is 0 Å². The Hall–Kier alpha value is -3.14. The van der Waals surface area contributed by atoms with Crippen molar-refractivity contribution in [2.45, 2.75) is 37.8 Å². The molecule has 9 heteroatoms. The average Bonchev–Trinajstić information content (AvgIpc) is 3.10. The van der Waals surface area contributed by atoms with Gasteiger partial charge in [0.05, 0.1) is 0 Å². The van der Waals surface area contributed by atoms with Gasteiger partial charge in [0, 0.05) is 7.11 Å². The van der Waals surface area contributed by atoms with E-state index >= 15 is 0 Å². The summed E-state index contributed by atoms with van der Waals surface area (Å²) >= 11 is 0. The van der Waals surface area contributed by atoms with Crippen molar-refractivity contribution in [1.82, 2.24) is 0 Å². The lowest BCUT2D eigenvalue weighted by atomic mass is 10.1. The molecule has 1 aliphatic rings. The molecule has 2 aromatic carbocycles. The molecule has 1 heterocycles. The first-order chi connectivity index (χ1) is 15.1. The number of benzene rings is 2. The van der Waals surface area contributed by atoms with Gasteiger partial charge in [-0.2, -0.15) is 0 Å². The van der Waals surface area contributed by atoms with E-state index in [1.54, 1.807) is 24.3 Å². The van der Waals surface area contributed by atoms with Crippen LogP contribution >= 0.6 is 0 Å². The molecule has 9 nitrogen and oxygen atoms in total. The van der Waals surface area contributed by atoms with Gasteiger partial charge in [-0.1, -0.05) is 60.7 Å². The molecule has 2 aromatic rings. The first-order valence-corrected chi connectivity index (χ1v) is 9.64. The van der Waals surface area contributed by atoms with Crippen LogP contribution in [0.1, 0.15) is 11.1 Å². The van der Waals surface area contributed by atoms with E-state index in [2.05, 4.69) is 0 Å². The van der Waals surface area contributed by atoms with Crippen molar-refractivity contribution in [3.05, 3.63) is 71.8 Å². The Bertz CT molecular complexity index is 827. The summed E-state index contributed by atoms with van der Waals surface area (Å²) in [6.07, 6.45) is -6.37. The second kappa shape index (κ2) is 11.3. The SMILES string of the molecule is CO[C@H]1O[C@H](COC(=O)OCc2ccccc2)[C@@H](O)[C@H]1OC(=O)OCc1ccccc1. The standard InChI is InChI=1S/C22H24O9/c1-26-20-19(31-22(25)28-13-16-10-6-3-7-11-16)18(23)17(30-20)14-29-21(24)27-12-15-8-4-2-5-9-15/h2-11,17-20,23H,12-14H2,1H3/t17-,18-,19-,20+/m1/s1. The van der Waals surface area contributed by atoms with Crippen LogP contribution in [0.3, 0.4) is 0 Å². The van der Waals surface area contributed by atoms with Crippen LogP contribution in [-0.4, -0.2) is 55.7 Å². The molecule has 0 aliphatic carbocycles. The van der Waals surface area contributed by atoms with Crippen LogP contribution in [0.2, 0.25) is 0 Å². The number of rotatable bonds is 8. The van der Waals surface area contributed by atoms with Crippen molar-refractivity contribution in [2.75, 3.05) is 13.7 Å². The second-order valence-corrected chi connectivity index (χ2v) is 6.71. The maximum Gasteiger partial charge on any atom is 0.509 e. The molecular weight excluding hydrogens is 408 g/mol. The molecule has 3 rings (SSSR count). The predicted octanol–water partition coefficient (Wildman–Crippen LogP) is 2.79. The third kappa shape index (κ3) is 6.68. The normalized spacial score (nSPS) is 22.5. The third-order valence-corrected chi connectivity index (χ3v) is 4.52. The topological polar surface area (TPSA) is 110 Å². The summed E-state index contributed by atoms with van der Waals surface area (Å²) in [4.78, 5) is 23.8. The van der Waals surface area contributed by atoms with Crippen LogP contribution in [0.4, 0.5) is 9.59 Å². The fourth-order valence-corrected chi connectivity index (χ4v) is 2.93. The Balaban J connectivity index is 1.44. The third-order valence-electron chi connectivity index (χ3n) is 4.52. The van der Waals surface area contributed by atoms with Crippen molar-refractivity contribution in [1.29, 1.82) is 0 Å². The minimum Gasteiger partial charge on any atom is -0.431 e. The first kappa shape index (κ1) is 22.5. The number of hydrogen-bond donors (Lipinski definition) is 1. The van der Waals surface area contributed by atoms with Crippen molar-refractivity contribution >= 4 is 12.3 Å². The van der Waals surface area contributed by atoms with E-state index in [4.69, 9.17) is 28.4 Å². The van der Waals surface area contributed by atoms with Crippen LogP contribution < -0.4 is 0 Å². The lowest BCUT2D eigenvalue weighted by Crippen LogP contribution is -2.39. The lowest BCUT2D eigenvalue weighted by molar-refractivity contribution is -0.159. The zero-order valence-electron chi connectivity index (χ0n) is 16.9. The molecule has 0 aromatic heterocycles. The highest BCUT2D eigenvalue weighted by Crippen LogP contribution is 2.25. The molecule has 0 radical (unpaired) electrons. The van der Waals surface area contributed by atoms with Gasteiger partial charge in [-0.15, -0.1) is 0 Å². The summed E-state index contributed by atoms with van der Waals surface area (Å²) in [6.45, 7) is -0.248. The molecule has 0 spiro atoms. The zero-order chi connectivity index (χ0) is 22.1. The van der Waals surface area contributed by atoms with E-state index in [-0.39, 0.29) is 19.8 Å². The fraction of sp³-hybridized carbons (Fsp3) is 0.364. The molecule has 1 N–H and O–H groups in total. The predicted molar refractivity (Wildman–Crippen MR) is 106 cm³/mol. The zero-order valence-corrected chi connectivity index (χ0v) is 16.9. The minimum absolute atomic E-state index is 0.0147. The molecule has 0 unspecified atom stereocenters. The summed E-state index contributed by atoms with van der Waals surface area (Å²) in [6, 6.07) is 18.2.